The van der Waals surface area contributed by atoms with Crippen molar-refractivity contribution >= 4 is 11.6 Å². The van der Waals surface area contributed by atoms with E-state index in [0.29, 0.717) is 25.3 Å². The average molecular weight is 396 g/mol. The Balaban J connectivity index is 1.39. The van der Waals surface area contributed by atoms with E-state index in [0.717, 1.165) is 50.6 Å². The second-order valence-corrected chi connectivity index (χ2v) is 7.31. The highest BCUT2D eigenvalue weighted by Crippen LogP contribution is 2.21. The van der Waals surface area contributed by atoms with Crippen molar-refractivity contribution in [3.8, 4) is 0 Å². The van der Waals surface area contributed by atoms with Gasteiger partial charge in [-0.3, -0.25) is 14.7 Å². The zero-order chi connectivity index (χ0) is 19.9. The Morgan fingerprint density at radius 1 is 1.00 bits per heavy atom. The minimum atomic E-state index is -0.0549. The Kier molecular flexibility index (Phi) is 6.71. The number of rotatable bonds is 6. The fourth-order valence-corrected chi connectivity index (χ4v) is 3.86. The van der Waals surface area contributed by atoms with Gasteiger partial charge in [0.15, 0.2) is 0 Å². The van der Waals surface area contributed by atoms with Crippen molar-refractivity contribution in [2.45, 2.75) is 6.04 Å². The Hall–Kier alpha value is -2.48. The molecule has 154 valence electrons. The maximum Gasteiger partial charge on any atom is 0.251 e. The third-order valence-corrected chi connectivity index (χ3v) is 5.52. The molecule has 1 N–H and O–H groups in total. The van der Waals surface area contributed by atoms with Crippen LogP contribution in [-0.2, 0) is 9.47 Å². The molecule has 7 heteroatoms. The number of pyridine rings is 1. The van der Waals surface area contributed by atoms with Crippen molar-refractivity contribution in [1.82, 2.24) is 15.2 Å². The highest BCUT2D eigenvalue weighted by Gasteiger charge is 2.23. The molecule has 4 rings (SSSR count). The van der Waals surface area contributed by atoms with E-state index < -0.39 is 0 Å². The zero-order valence-corrected chi connectivity index (χ0v) is 16.6. The quantitative estimate of drug-likeness (QED) is 0.802. The summed E-state index contributed by atoms with van der Waals surface area (Å²) in [4.78, 5) is 21.6. The van der Waals surface area contributed by atoms with Gasteiger partial charge in [-0.15, -0.1) is 0 Å². The van der Waals surface area contributed by atoms with E-state index in [1.54, 1.807) is 6.20 Å². The van der Waals surface area contributed by atoms with Gasteiger partial charge in [0.2, 0.25) is 0 Å². The van der Waals surface area contributed by atoms with Crippen LogP contribution in [0.3, 0.4) is 0 Å². The molecule has 2 fully saturated rings. The molecular formula is C22H28N4O3. The molecule has 1 aromatic carbocycles. The first-order valence-electron chi connectivity index (χ1n) is 10.2. The normalized spacial score (nSPS) is 19.0. The fraction of sp³-hybridized carbons (Fsp3) is 0.455. The Bertz CT molecular complexity index is 772. The summed E-state index contributed by atoms with van der Waals surface area (Å²) in [5.41, 5.74) is 2.91. The second-order valence-electron chi connectivity index (χ2n) is 7.31. The number of morpholine rings is 2. The molecule has 1 aromatic heterocycles. The van der Waals surface area contributed by atoms with E-state index in [1.807, 2.05) is 36.5 Å². The predicted octanol–water partition coefficient (Wildman–Crippen LogP) is 1.72. The molecule has 1 atom stereocenters. The summed E-state index contributed by atoms with van der Waals surface area (Å²) < 4.78 is 10.9. The lowest BCUT2D eigenvalue weighted by Crippen LogP contribution is -2.43. The molecule has 0 bridgehead atoms. The number of amides is 1. The number of hydrogen-bond acceptors (Lipinski definition) is 6. The van der Waals surface area contributed by atoms with Gasteiger partial charge >= 0.3 is 0 Å². The van der Waals surface area contributed by atoms with Gasteiger partial charge in [-0.2, -0.15) is 0 Å². The number of carbonyl (C=O) groups excluding carboxylic acids is 1. The maximum atomic E-state index is 12.7. The number of benzene rings is 1. The molecule has 0 saturated carbocycles. The van der Waals surface area contributed by atoms with Crippen LogP contribution in [-0.4, -0.2) is 74.9 Å². The summed E-state index contributed by atoms with van der Waals surface area (Å²) in [5.74, 6) is -0.0549. The lowest BCUT2D eigenvalue weighted by Gasteiger charge is -2.34. The first-order valence-corrected chi connectivity index (χ1v) is 10.2. The van der Waals surface area contributed by atoms with Crippen molar-refractivity contribution in [1.29, 1.82) is 0 Å². The summed E-state index contributed by atoms with van der Waals surface area (Å²) in [6, 6.07) is 11.9. The molecule has 2 aliphatic heterocycles. The molecule has 2 aromatic rings. The SMILES string of the molecule is O=C(NC[C@H](c1cccnc1)N1CCOCC1)c1ccc(N2CCOCC2)cc1. The topological polar surface area (TPSA) is 66.9 Å². The minimum Gasteiger partial charge on any atom is -0.379 e. The number of hydrogen-bond donors (Lipinski definition) is 1. The highest BCUT2D eigenvalue weighted by molar-refractivity contribution is 5.94. The lowest BCUT2D eigenvalue weighted by molar-refractivity contribution is 0.0161. The van der Waals surface area contributed by atoms with Crippen LogP contribution >= 0.6 is 0 Å². The van der Waals surface area contributed by atoms with Crippen molar-refractivity contribution < 1.29 is 14.3 Å². The van der Waals surface area contributed by atoms with Gasteiger partial charge in [0.05, 0.1) is 32.5 Å². The first-order chi connectivity index (χ1) is 14.3. The van der Waals surface area contributed by atoms with E-state index in [-0.39, 0.29) is 11.9 Å². The zero-order valence-electron chi connectivity index (χ0n) is 16.6. The van der Waals surface area contributed by atoms with Crippen LogP contribution in [0.1, 0.15) is 22.0 Å². The molecule has 0 radical (unpaired) electrons. The molecule has 2 aliphatic rings. The van der Waals surface area contributed by atoms with Crippen molar-refractivity contribution in [3.05, 3.63) is 59.9 Å². The van der Waals surface area contributed by atoms with Crippen LogP contribution in [0.4, 0.5) is 5.69 Å². The molecule has 7 nitrogen and oxygen atoms in total. The monoisotopic (exact) mass is 396 g/mol. The van der Waals surface area contributed by atoms with E-state index in [4.69, 9.17) is 9.47 Å². The Morgan fingerprint density at radius 3 is 2.34 bits per heavy atom. The largest absolute Gasteiger partial charge is 0.379 e. The lowest BCUT2D eigenvalue weighted by atomic mass is 10.1. The van der Waals surface area contributed by atoms with Gasteiger partial charge in [-0.25, -0.2) is 0 Å². The van der Waals surface area contributed by atoms with Crippen LogP contribution < -0.4 is 10.2 Å². The van der Waals surface area contributed by atoms with Gasteiger partial charge in [0.25, 0.3) is 5.91 Å². The van der Waals surface area contributed by atoms with Crippen LogP contribution in [0.2, 0.25) is 0 Å². The molecule has 3 heterocycles. The molecule has 29 heavy (non-hydrogen) atoms. The van der Waals surface area contributed by atoms with Gasteiger partial charge in [-0.1, -0.05) is 6.07 Å². The number of aromatic nitrogens is 1. The van der Waals surface area contributed by atoms with E-state index >= 15 is 0 Å². The Labute approximate surface area is 171 Å². The Morgan fingerprint density at radius 2 is 1.69 bits per heavy atom. The van der Waals surface area contributed by atoms with Crippen molar-refractivity contribution in [2.75, 3.05) is 64.1 Å². The molecule has 2 saturated heterocycles. The number of anilines is 1. The van der Waals surface area contributed by atoms with Crippen LogP contribution in [0.15, 0.2) is 48.8 Å². The fourth-order valence-electron chi connectivity index (χ4n) is 3.86. The van der Waals surface area contributed by atoms with Crippen LogP contribution in [0.5, 0.6) is 0 Å². The van der Waals surface area contributed by atoms with Crippen LogP contribution in [0.25, 0.3) is 0 Å². The molecular weight excluding hydrogens is 368 g/mol. The molecule has 0 spiro atoms. The van der Waals surface area contributed by atoms with E-state index in [2.05, 4.69) is 26.2 Å². The standard InChI is InChI=1S/C22H28N4O3/c27-22(18-3-5-20(6-4-18)25-8-12-28-13-9-25)24-17-21(19-2-1-7-23-16-19)26-10-14-29-15-11-26/h1-7,16,21H,8-15,17H2,(H,24,27)/t21-/m1/s1. The van der Waals surface area contributed by atoms with Gasteiger partial charge < -0.3 is 19.7 Å². The first kappa shape index (κ1) is 19.8. The van der Waals surface area contributed by atoms with Crippen molar-refractivity contribution in [3.63, 3.8) is 0 Å². The summed E-state index contributed by atoms with van der Waals surface area (Å²) in [6.45, 7) is 6.94. The third kappa shape index (κ3) is 5.12. The summed E-state index contributed by atoms with van der Waals surface area (Å²) in [5, 5.41) is 3.11. The number of carbonyl (C=O) groups is 1. The summed E-state index contributed by atoms with van der Waals surface area (Å²) >= 11 is 0. The van der Waals surface area contributed by atoms with Crippen molar-refractivity contribution in [2.24, 2.45) is 0 Å². The molecule has 1 amide bonds. The summed E-state index contributed by atoms with van der Waals surface area (Å²) in [7, 11) is 0. The number of nitrogens with one attached hydrogen (secondary N) is 1. The van der Waals surface area contributed by atoms with E-state index in [1.165, 1.54) is 0 Å². The second kappa shape index (κ2) is 9.82. The maximum absolute atomic E-state index is 12.7. The third-order valence-electron chi connectivity index (χ3n) is 5.52. The van der Waals surface area contributed by atoms with Gasteiger partial charge in [0, 0.05) is 56.4 Å². The minimum absolute atomic E-state index is 0.0549. The van der Waals surface area contributed by atoms with Gasteiger partial charge in [-0.05, 0) is 35.9 Å². The van der Waals surface area contributed by atoms with E-state index in [9.17, 15) is 4.79 Å². The highest BCUT2D eigenvalue weighted by atomic mass is 16.5. The van der Waals surface area contributed by atoms with Crippen LogP contribution in [0, 0.1) is 0 Å². The number of ether oxygens (including phenoxy) is 2. The predicted molar refractivity (Wildman–Crippen MR) is 111 cm³/mol. The summed E-state index contributed by atoms with van der Waals surface area (Å²) in [6.07, 6.45) is 3.65. The smallest absolute Gasteiger partial charge is 0.251 e. The molecule has 0 unspecified atom stereocenters. The molecule has 0 aliphatic carbocycles. The average Bonchev–Trinajstić information content (AvgIpc) is 2.81. The van der Waals surface area contributed by atoms with Gasteiger partial charge in [0.1, 0.15) is 0 Å². The number of nitrogens with zero attached hydrogens (tertiary/aromatic N) is 3.